The van der Waals surface area contributed by atoms with Gasteiger partial charge in [-0.15, -0.1) is 0 Å². The predicted molar refractivity (Wildman–Crippen MR) is 73.6 cm³/mol. The fourth-order valence-corrected chi connectivity index (χ4v) is 2.35. The molecule has 0 aliphatic carbocycles. The molecule has 2 heterocycles. The van der Waals surface area contributed by atoms with Crippen LogP contribution in [0, 0.1) is 5.82 Å². The van der Waals surface area contributed by atoms with E-state index in [0.29, 0.717) is 5.89 Å². The lowest BCUT2D eigenvalue weighted by Crippen LogP contribution is -2.16. The Bertz CT molecular complexity index is 670. The molecule has 8 heteroatoms. The summed E-state index contributed by atoms with van der Waals surface area (Å²) in [5.74, 6) is -0.731. The third-order valence-electron chi connectivity index (χ3n) is 3.18. The Labute approximate surface area is 124 Å². The molecule has 1 aliphatic heterocycles. The molecule has 1 saturated heterocycles. The average Bonchev–Trinajstić information content (AvgIpc) is 3.10. The summed E-state index contributed by atoms with van der Waals surface area (Å²) in [5, 5.41) is 9.46. The number of carbonyl (C=O) groups is 1. The zero-order valence-corrected chi connectivity index (χ0v) is 11.7. The van der Waals surface area contributed by atoms with Gasteiger partial charge >= 0.3 is 0 Å². The highest BCUT2D eigenvalue weighted by molar-refractivity contribution is 6.33. The number of halogens is 2. The summed E-state index contributed by atoms with van der Waals surface area (Å²) in [6.07, 6.45) is 1.92. The molecule has 0 radical (unpaired) electrons. The van der Waals surface area contributed by atoms with E-state index in [4.69, 9.17) is 16.1 Å². The zero-order chi connectivity index (χ0) is 14.8. The van der Waals surface area contributed by atoms with E-state index in [-0.39, 0.29) is 22.6 Å². The van der Waals surface area contributed by atoms with Crippen molar-refractivity contribution in [3.8, 4) is 0 Å². The lowest BCUT2D eigenvalue weighted by molar-refractivity contribution is 0.101. The molecule has 1 unspecified atom stereocenters. The van der Waals surface area contributed by atoms with Gasteiger partial charge in [0.05, 0.1) is 16.8 Å². The van der Waals surface area contributed by atoms with Gasteiger partial charge in [-0.1, -0.05) is 16.8 Å². The van der Waals surface area contributed by atoms with Crippen LogP contribution in [0.1, 0.15) is 35.4 Å². The fourth-order valence-electron chi connectivity index (χ4n) is 2.13. The second kappa shape index (κ2) is 5.79. The molecule has 0 bridgehead atoms. The molecule has 1 aliphatic rings. The maximum Gasteiger partial charge on any atom is 0.297 e. The molecule has 1 aromatic heterocycles. The summed E-state index contributed by atoms with van der Waals surface area (Å²) >= 11 is 5.84. The molecule has 6 nitrogen and oxygen atoms in total. The largest absolute Gasteiger partial charge is 0.337 e. The van der Waals surface area contributed by atoms with Crippen LogP contribution in [0.2, 0.25) is 5.02 Å². The van der Waals surface area contributed by atoms with Crippen molar-refractivity contribution in [2.45, 2.75) is 18.9 Å². The van der Waals surface area contributed by atoms with Gasteiger partial charge in [-0.05, 0) is 37.6 Å². The monoisotopic (exact) mass is 310 g/mol. The molecule has 21 heavy (non-hydrogen) atoms. The van der Waals surface area contributed by atoms with Crippen LogP contribution in [-0.4, -0.2) is 22.6 Å². The minimum atomic E-state index is -0.559. The molecular weight excluding hydrogens is 299 g/mol. The molecule has 1 fully saturated rings. The van der Waals surface area contributed by atoms with Gasteiger partial charge in [-0.3, -0.25) is 4.79 Å². The third kappa shape index (κ3) is 3.03. The SMILES string of the molecule is O=C(Nc1ccc(F)cc1Cl)c1noc(C2CCCN2)n1. The van der Waals surface area contributed by atoms with Gasteiger partial charge in [0, 0.05) is 0 Å². The summed E-state index contributed by atoms with van der Waals surface area (Å²) in [6, 6.07) is 3.68. The Kier molecular flexibility index (Phi) is 3.85. The zero-order valence-electron chi connectivity index (χ0n) is 10.9. The Hall–Kier alpha value is -1.99. The van der Waals surface area contributed by atoms with Crippen molar-refractivity contribution >= 4 is 23.2 Å². The number of hydrogen-bond donors (Lipinski definition) is 2. The maximum atomic E-state index is 12.9. The first-order valence-corrected chi connectivity index (χ1v) is 6.84. The van der Waals surface area contributed by atoms with Crippen molar-refractivity contribution in [2.75, 3.05) is 11.9 Å². The van der Waals surface area contributed by atoms with E-state index in [1.807, 2.05) is 0 Å². The Morgan fingerprint density at radius 3 is 3.10 bits per heavy atom. The normalized spacial score (nSPS) is 17.9. The van der Waals surface area contributed by atoms with Crippen LogP contribution < -0.4 is 10.6 Å². The van der Waals surface area contributed by atoms with Crippen molar-refractivity contribution in [1.82, 2.24) is 15.5 Å². The molecule has 0 saturated carbocycles. The first-order chi connectivity index (χ1) is 10.1. The number of amides is 1. The molecule has 110 valence electrons. The van der Waals surface area contributed by atoms with Crippen LogP contribution in [0.4, 0.5) is 10.1 Å². The number of benzene rings is 1. The summed E-state index contributed by atoms with van der Waals surface area (Å²) in [7, 11) is 0. The second-order valence-corrected chi connectivity index (χ2v) is 5.09. The number of rotatable bonds is 3. The number of nitrogens with zero attached hydrogens (tertiary/aromatic N) is 2. The topological polar surface area (TPSA) is 80.0 Å². The molecule has 2 aromatic rings. The Balaban J connectivity index is 1.73. The number of nitrogens with one attached hydrogen (secondary N) is 2. The standard InChI is InChI=1S/C13H12ClFN4O2/c14-8-6-7(15)3-4-9(8)17-12(20)11-18-13(21-19-11)10-2-1-5-16-10/h3-4,6,10,16H,1-2,5H2,(H,17,20). The van der Waals surface area contributed by atoms with Crippen LogP contribution in [0.15, 0.2) is 22.7 Å². The van der Waals surface area contributed by atoms with Crippen LogP contribution in [-0.2, 0) is 0 Å². The first-order valence-electron chi connectivity index (χ1n) is 6.47. The molecular formula is C13H12ClFN4O2. The van der Waals surface area contributed by atoms with E-state index < -0.39 is 11.7 Å². The number of anilines is 1. The lowest BCUT2D eigenvalue weighted by Gasteiger charge is -2.04. The van der Waals surface area contributed by atoms with Gasteiger partial charge in [0.1, 0.15) is 5.82 Å². The number of carbonyl (C=O) groups excluding carboxylic acids is 1. The van der Waals surface area contributed by atoms with Gasteiger partial charge in [0.25, 0.3) is 11.7 Å². The highest BCUT2D eigenvalue weighted by Crippen LogP contribution is 2.24. The van der Waals surface area contributed by atoms with Gasteiger partial charge < -0.3 is 15.2 Å². The van der Waals surface area contributed by atoms with E-state index in [1.165, 1.54) is 12.1 Å². The van der Waals surface area contributed by atoms with Crippen LogP contribution in [0.25, 0.3) is 0 Å². The number of hydrogen-bond acceptors (Lipinski definition) is 5. The Morgan fingerprint density at radius 1 is 1.52 bits per heavy atom. The molecule has 1 atom stereocenters. The van der Waals surface area contributed by atoms with Crippen LogP contribution in [0.3, 0.4) is 0 Å². The Morgan fingerprint density at radius 2 is 2.38 bits per heavy atom. The van der Waals surface area contributed by atoms with Crippen LogP contribution >= 0.6 is 11.6 Å². The minimum absolute atomic E-state index is 0.00606. The molecule has 1 amide bonds. The van der Waals surface area contributed by atoms with E-state index in [2.05, 4.69) is 20.8 Å². The lowest BCUT2D eigenvalue weighted by atomic mass is 10.2. The highest BCUT2D eigenvalue weighted by atomic mass is 35.5. The average molecular weight is 311 g/mol. The smallest absolute Gasteiger partial charge is 0.297 e. The molecule has 0 spiro atoms. The summed E-state index contributed by atoms with van der Waals surface area (Å²) in [4.78, 5) is 16.1. The van der Waals surface area contributed by atoms with Crippen molar-refractivity contribution in [1.29, 1.82) is 0 Å². The van der Waals surface area contributed by atoms with E-state index >= 15 is 0 Å². The van der Waals surface area contributed by atoms with Crippen LogP contribution in [0.5, 0.6) is 0 Å². The van der Waals surface area contributed by atoms with Crippen molar-refractivity contribution in [3.63, 3.8) is 0 Å². The highest BCUT2D eigenvalue weighted by Gasteiger charge is 2.24. The van der Waals surface area contributed by atoms with Gasteiger partial charge in [-0.25, -0.2) is 4.39 Å². The summed E-state index contributed by atoms with van der Waals surface area (Å²) in [5.41, 5.74) is 0.286. The van der Waals surface area contributed by atoms with Crippen molar-refractivity contribution in [2.24, 2.45) is 0 Å². The van der Waals surface area contributed by atoms with E-state index in [0.717, 1.165) is 25.5 Å². The van der Waals surface area contributed by atoms with Gasteiger partial charge in [0.2, 0.25) is 5.89 Å². The second-order valence-electron chi connectivity index (χ2n) is 4.68. The summed E-state index contributed by atoms with van der Waals surface area (Å²) < 4.78 is 18.0. The predicted octanol–water partition coefficient (Wildman–Crippen LogP) is 2.54. The third-order valence-corrected chi connectivity index (χ3v) is 3.50. The van der Waals surface area contributed by atoms with Gasteiger partial charge in [0.15, 0.2) is 0 Å². The fraction of sp³-hybridized carbons (Fsp3) is 0.308. The van der Waals surface area contributed by atoms with Crippen molar-refractivity contribution in [3.05, 3.63) is 40.8 Å². The molecule has 3 rings (SSSR count). The minimum Gasteiger partial charge on any atom is -0.337 e. The number of aromatic nitrogens is 2. The first kappa shape index (κ1) is 14.0. The molecule has 2 N–H and O–H groups in total. The van der Waals surface area contributed by atoms with E-state index in [1.54, 1.807) is 0 Å². The maximum absolute atomic E-state index is 12.9. The molecule has 1 aromatic carbocycles. The van der Waals surface area contributed by atoms with E-state index in [9.17, 15) is 9.18 Å². The van der Waals surface area contributed by atoms with Crippen molar-refractivity contribution < 1.29 is 13.7 Å². The summed E-state index contributed by atoms with van der Waals surface area (Å²) in [6.45, 7) is 0.889. The quantitative estimate of drug-likeness (QED) is 0.910. The van der Waals surface area contributed by atoms with Gasteiger partial charge in [-0.2, -0.15) is 4.98 Å².